The van der Waals surface area contributed by atoms with Gasteiger partial charge < -0.3 is 5.73 Å². The second-order valence-electron chi connectivity index (χ2n) is 3.25. The fourth-order valence-electron chi connectivity index (χ4n) is 1.09. The molecule has 2 unspecified atom stereocenters. The molecule has 17 heavy (non-hydrogen) atoms. The molecule has 1 rings (SSSR count). The molecule has 92 valence electrons. The average Bonchev–Trinajstić information content (AvgIpc) is 2.27. The number of imide groups is 1. The maximum atomic E-state index is 12.6. The van der Waals surface area contributed by atoms with Crippen LogP contribution in [0.1, 0.15) is 6.92 Å². The third-order valence-electron chi connectivity index (χ3n) is 1.98. The number of primary amides is 1. The normalized spacial score (nSPS) is 13.8. The summed E-state index contributed by atoms with van der Waals surface area (Å²) in [5.74, 6) is -1.19. The van der Waals surface area contributed by atoms with Crippen LogP contribution in [-0.4, -0.2) is 21.4 Å². The van der Waals surface area contributed by atoms with Crippen molar-refractivity contribution in [2.75, 3.05) is 0 Å². The van der Waals surface area contributed by atoms with Gasteiger partial charge in [0.05, 0.1) is 10.8 Å². The molecule has 0 radical (unpaired) electrons. The van der Waals surface area contributed by atoms with Crippen LogP contribution in [0.2, 0.25) is 0 Å². The van der Waals surface area contributed by atoms with Crippen LogP contribution in [0.25, 0.3) is 0 Å². The number of carbonyl (C=O) groups is 2. The summed E-state index contributed by atoms with van der Waals surface area (Å²) < 4.78 is 24.5. The molecule has 0 heterocycles. The number of hydrogen-bond acceptors (Lipinski definition) is 3. The molecular formula is C10H11FN2O3S. The van der Waals surface area contributed by atoms with Crippen LogP contribution in [-0.2, 0) is 15.6 Å². The number of hydrogen-bond donors (Lipinski definition) is 2. The van der Waals surface area contributed by atoms with Gasteiger partial charge in [0.15, 0.2) is 0 Å². The second kappa shape index (κ2) is 5.53. The molecule has 5 nitrogen and oxygen atoms in total. The number of amides is 3. The smallest absolute Gasteiger partial charge is 0.318 e. The molecule has 0 spiro atoms. The van der Waals surface area contributed by atoms with Crippen molar-refractivity contribution < 1.29 is 18.2 Å². The van der Waals surface area contributed by atoms with Crippen LogP contribution < -0.4 is 11.1 Å². The van der Waals surface area contributed by atoms with E-state index in [1.807, 2.05) is 5.32 Å². The first-order valence-corrected chi connectivity index (χ1v) is 5.89. The molecule has 0 fully saturated rings. The van der Waals surface area contributed by atoms with Crippen LogP contribution >= 0.6 is 0 Å². The van der Waals surface area contributed by atoms with Crippen molar-refractivity contribution in [1.82, 2.24) is 5.32 Å². The van der Waals surface area contributed by atoms with Crippen LogP contribution in [0.4, 0.5) is 9.18 Å². The Labute approximate surface area is 99.6 Å². The molecule has 3 N–H and O–H groups in total. The number of carbonyl (C=O) groups excluding carboxylic acids is 2. The first kappa shape index (κ1) is 13.3. The maximum absolute atomic E-state index is 12.6. The first-order valence-electron chi connectivity index (χ1n) is 4.68. The minimum atomic E-state index is -1.67. The summed E-state index contributed by atoms with van der Waals surface area (Å²) in [7, 11) is -1.67. The zero-order valence-electron chi connectivity index (χ0n) is 8.98. The second-order valence-corrected chi connectivity index (χ2v) is 5.02. The Morgan fingerprint density at radius 1 is 1.35 bits per heavy atom. The standard InChI is InChI=1S/C10H11FN2O3S/c1-6(9(14)13-10(12)15)17(16)8-4-2-7(11)3-5-8/h2-6H,1H3,(H3,12,13,14,15). The molecule has 0 aromatic heterocycles. The van der Waals surface area contributed by atoms with Crippen molar-refractivity contribution in [3.63, 3.8) is 0 Å². The quantitative estimate of drug-likeness (QED) is 0.828. The van der Waals surface area contributed by atoms with Gasteiger partial charge in [-0.05, 0) is 31.2 Å². The third kappa shape index (κ3) is 3.63. The average molecular weight is 258 g/mol. The Balaban J connectivity index is 2.79. The minimum Gasteiger partial charge on any atom is -0.351 e. The molecule has 0 aliphatic rings. The van der Waals surface area contributed by atoms with E-state index in [9.17, 15) is 18.2 Å². The molecule has 1 aromatic rings. The van der Waals surface area contributed by atoms with Crippen molar-refractivity contribution >= 4 is 22.7 Å². The van der Waals surface area contributed by atoms with Crippen LogP contribution in [0.5, 0.6) is 0 Å². The van der Waals surface area contributed by atoms with Gasteiger partial charge in [0.1, 0.15) is 11.1 Å². The van der Waals surface area contributed by atoms with Crippen LogP contribution in [0.15, 0.2) is 29.2 Å². The summed E-state index contributed by atoms with van der Waals surface area (Å²) in [6, 6.07) is 3.93. The predicted molar refractivity (Wildman–Crippen MR) is 60.0 cm³/mol. The predicted octanol–water partition coefficient (Wildman–Crippen LogP) is 0.517. The molecule has 0 saturated carbocycles. The number of nitrogens with two attached hydrogens (primary N) is 1. The fourth-order valence-corrected chi connectivity index (χ4v) is 2.16. The zero-order valence-corrected chi connectivity index (χ0v) is 9.79. The van der Waals surface area contributed by atoms with Gasteiger partial charge in [0.2, 0.25) is 5.91 Å². The molecular weight excluding hydrogens is 247 g/mol. The fraction of sp³-hybridized carbons (Fsp3) is 0.200. The van der Waals surface area contributed by atoms with Gasteiger partial charge in [-0.25, -0.2) is 9.18 Å². The monoisotopic (exact) mass is 258 g/mol. The highest BCUT2D eigenvalue weighted by atomic mass is 32.2. The lowest BCUT2D eigenvalue weighted by molar-refractivity contribution is -0.119. The Morgan fingerprint density at radius 2 is 1.88 bits per heavy atom. The van der Waals surface area contributed by atoms with E-state index in [1.165, 1.54) is 19.1 Å². The van der Waals surface area contributed by atoms with Gasteiger partial charge in [-0.2, -0.15) is 0 Å². The molecule has 3 amide bonds. The van der Waals surface area contributed by atoms with Crippen molar-refractivity contribution in [2.45, 2.75) is 17.1 Å². The van der Waals surface area contributed by atoms with E-state index in [1.54, 1.807) is 0 Å². The van der Waals surface area contributed by atoms with Crippen molar-refractivity contribution in [3.05, 3.63) is 30.1 Å². The van der Waals surface area contributed by atoms with Gasteiger partial charge in [0.25, 0.3) is 0 Å². The molecule has 0 aliphatic carbocycles. The number of nitrogens with one attached hydrogen (secondary N) is 1. The summed E-state index contributed by atoms with van der Waals surface area (Å²) in [6.45, 7) is 1.39. The molecule has 1 aromatic carbocycles. The summed E-state index contributed by atoms with van der Waals surface area (Å²) in [6.07, 6.45) is 0. The van der Waals surface area contributed by atoms with Gasteiger partial charge in [-0.15, -0.1) is 0 Å². The summed E-state index contributed by atoms with van der Waals surface area (Å²) in [4.78, 5) is 22.1. The summed E-state index contributed by atoms with van der Waals surface area (Å²) in [5, 5.41) is 0.886. The zero-order chi connectivity index (χ0) is 13.0. The largest absolute Gasteiger partial charge is 0.351 e. The number of halogens is 1. The Kier molecular flexibility index (Phi) is 4.33. The lowest BCUT2D eigenvalue weighted by Gasteiger charge is -2.10. The lowest BCUT2D eigenvalue weighted by atomic mass is 10.3. The Bertz CT molecular complexity index is 461. The van der Waals surface area contributed by atoms with Crippen molar-refractivity contribution in [2.24, 2.45) is 5.73 Å². The topological polar surface area (TPSA) is 89.3 Å². The van der Waals surface area contributed by atoms with E-state index in [0.29, 0.717) is 4.90 Å². The highest BCUT2D eigenvalue weighted by Gasteiger charge is 2.22. The molecule has 0 aliphatic heterocycles. The highest BCUT2D eigenvalue weighted by Crippen LogP contribution is 2.12. The van der Waals surface area contributed by atoms with Crippen molar-refractivity contribution in [1.29, 1.82) is 0 Å². The maximum Gasteiger partial charge on any atom is 0.318 e. The van der Waals surface area contributed by atoms with E-state index >= 15 is 0 Å². The molecule has 7 heteroatoms. The Hall–Kier alpha value is -1.76. The number of benzene rings is 1. The summed E-state index contributed by atoms with van der Waals surface area (Å²) in [5.41, 5.74) is 4.77. The van der Waals surface area contributed by atoms with Crippen LogP contribution in [0, 0.1) is 5.82 Å². The minimum absolute atomic E-state index is 0.304. The number of rotatable bonds is 3. The van der Waals surface area contributed by atoms with E-state index in [-0.39, 0.29) is 0 Å². The van der Waals surface area contributed by atoms with Gasteiger partial charge in [0, 0.05) is 4.90 Å². The van der Waals surface area contributed by atoms with E-state index in [0.717, 1.165) is 12.1 Å². The van der Waals surface area contributed by atoms with Gasteiger partial charge in [-0.3, -0.25) is 14.3 Å². The van der Waals surface area contributed by atoms with E-state index in [2.05, 4.69) is 0 Å². The third-order valence-corrected chi connectivity index (χ3v) is 3.58. The molecule has 0 saturated heterocycles. The van der Waals surface area contributed by atoms with Crippen molar-refractivity contribution in [3.8, 4) is 0 Å². The highest BCUT2D eigenvalue weighted by molar-refractivity contribution is 7.86. The van der Waals surface area contributed by atoms with Gasteiger partial charge in [-0.1, -0.05) is 0 Å². The van der Waals surface area contributed by atoms with Gasteiger partial charge >= 0.3 is 6.03 Å². The number of urea groups is 1. The molecule has 2 atom stereocenters. The Morgan fingerprint density at radius 3 is 2.35 bits per heavy atom. The molecule has 0 bridgehead atoms. The summed E-state index contributed by atoms with van der Waals surface area (Å²) >= 11 is 0. The lowest BCUT2D eigenvalue weighted by Crippen LogP contribution is -2.42. The van der Waals surface area contributed by atoms with Crippen LogP contribution in [0.3, 0.4) is 0 Å². The van der Waals surface area contributed by atoms with E-state index in [4.69, 9.17) is 5.73 Å². The van der Waals surface area contributed by atoms with E-state index < -0.39 is 33.8 Å². The SMILES string of the molecule is CC(C(=O)NC(N)=O)S(=O)c1ccc(F)cc1. The first-order chi connectivity index (χ1) is 7.91.